The summed E-state index contributed by atoms with van der Waals surface area (Å²) in [7, 11) is 3.95. The van der Waals surface area contributed by atoms with Crippen LogP contribution in [-0.4, -0.2) is 59.9 Å². The van der Waals surface area contributed by atoms with Crippen molar-refractivity contribution in [1.29, 1.82) is 0 Å². The molecule has 3 heterocycles. The van der Waals surface area contributed by atoms with E-state index >= 15 is 0 Å². The number of aliphatic carboxylic acids is 1. The number of carboxylic acids is 1. The quantitative estimate of drug-likeness (QED) is 0.859. The van der Waals surface area contributed by atoms with Crippen molar-refractivity contribution in [1.82, 2.24) is 14.8 Å². The molecule has 3 rings (SSSR count). The normalized spacial score (nSPS) is 16.6. The largest absolute Gasteiger partial charge is 0.482 e. The molecule has 1 N–H and O–H groups in total. The summed E-state index contributed by atoms with van der Waals surface area (Å²) < 4.78 is 5.35. The van der Waals surface area contributed by atoms with Gasteiger partial charge in [-0.05, 0) is 0 Å². The molecule has 0 amide bonds. The zero-order valence-electron chi connectivity index (χ0n) is 13.1. The Hall–Kier alpha value is -2.90. The van der Waals surface area contributed by atoms with E-state index in [1.807, 2.05) is 58.5 Å². The molecule has 0 aromatic carbocycles. The monoisotopic (exact) mass is 317 g/mol. The van der Waals surface area contributed by atoms with E-state index < -0.39 is 5.97 Å². The molecule has 0 atom stereocenters. The van der Waals surface area contributed by atoms with E-state index in [2.05, 4.69) is 4.98 Å². The molecule has 1 aromatic rings. The number of hydrogen-bond acceptors (Lipinski definition) is 7. The van der Waals surface area contributed by atoms with Gasteiger partial charge in [0.25, 0.3) is 0 Å². The fourth-order valence-corrected chi connectivity index (χ4v) is 2.36. The van der Waals surface area contributed by atoms with Gasteiger partial charge in [0.2, 0.25) is 0 Å². The highest BCUT2D eigenvalue weighted by molar-refractivity contribution is 5.68. The van der Waals surface area contributed by atoms with Crippen LogP contribution in [-0.2, 0) is 4.79 Å². The molecule has 2 aliphatic heterocycles. The summed E-state index contributed by atoms with van der Waals surface area (Å²) in [5, 5.41) is 8.81. The van der Waals surface area contributed by atoms with Gasteiger partial charge >= 0.3 is 5.97 Å². The first kappa shape index (κ1) is 15.0. The summed E-state index contributed by atoms with van der Waals surface area (Å²) in [6.45, 7) is 0.990. The lowest BCUT2D eigenvalue weighted by Gasteiger charge is -2.22. The molecule has 0 bridgehead atoms. The summed E-state index contributed by atoms with van der Waals surface area (Å²) >= 11 is 0. The van der Waals surface area contributed by atoms with Crippen LogP contribution in [0.25, 0.3) is 0 Å². The van der Waals surface area contributed by atoms with E-state index in [1.54, 1.807) is 12.1 Å². The summed E-state index contributed by atoms with van der Waals surface area (Å²) in [6.07, 6.45) is 7.77. The average Bonchev–Trinajstić information content (AvgIpc) is 3.13. The predicted molar refractivity (Wildman–Crippen MR) is 85.9 cm³/mol. The third kappa shape index (κ3) is 3.47. The van der Waals surface area contributed by atoms with Crippen molar-refractivity contribution in [2.75, 3.05) is 43.8 Å². The van der Waals surface area contributed by atoms with E-state index in [4.69, 9.17) is 9.84 Å². The Morgan fingerprint density at radius 2 is 1.61 bits per heavy atom. The van der Waals surface area contributed by atoms with Gasteiger partial charge < -0.3 is 29.4 Å². The van der Waals surface area contributed by atoms with Crippen LogP contribution in [0, 0.1) is 0 Å². The van der Waals surface area contributed by atoms with Crippen molar-refractivity contribution in [3.05, 3.63) is 36.9 Å². The van der Waals surface area contributed by atoms with Crippen LogP contribution < -0.4 is 14.5 Å². The number of aromatic nitrogens is 1. The molecule has 0 spiro atoms. The molecule has 0 saturated heterocycles. The van der Waals surface area contributed by atoms with Gasteiger partial charge in [-0.2, -0.15) is 0 Å². The Morgan fingerprint density at radius 1 is 1.09 bits per heavy atom. The summed E-state index contributed by atoms with van der Waals surface area (Å²) in [5.74, 6) is 0.905. The average molecular weight is 317 g/mol. The lowest BCUT2D eigenvalue weighted by Crippen LogP contribution is -2.25. The number of carboxylic acid groups (broad SMARTS) is 1. The second-order valence-electron chi connectivity index (χ2n) is 5.53. The van der Waals surface area contributed by atoms with Crippen LogP contribution in [0.4, 0.5) is 11.6 Å². The third-order valence-corrected chi connectivity index (χ3v) is 3.48. The van der Waals surface area contributed by atoms with Gasteiger partial charge in [0.1, 0.15) is 17.4 Å². The molecule has 0 fully saturated rings. The van der Waals surface area contributed by atoms with Crippen molar-refractivity contribution in [3.8, 4) is 5.75 Å². The van der Waals surface area contributed by atoms with Crippen LogP contribution in [0.2, 0.25) is 0 Å². The maximum absolute atomic E-state index is 10.7. The molecule has 1 aromatic heterocycles. The van der Waals surface area contributed by atoms with Gasteiger partial charge in [-0.25, -0.2) is 9.78 Å². The van der Waals surface area contributed by atoms with Crippen LogP contribution in [0.5, 0.6) is 5.75 Å². The molecule has 0 aliphatic carbocycles. The highest BCUT2D eigenvalue weighted by Gasteiger charge is 2.18. The van der Waals surface area contributed by atoms with E-state index in [0.29, 0.717) is 30.7 Å². The van der Waals surface area contributed by atoms with E-state index in [-0.39, 0.29) is 6.61 Å². The molecule has 0 saturated carbocycles. The van der Waals surface area contributed by atoms with Crippen LogP contribution in [0.15, 0.2) is 36.9 Å². The van der Waals surface area contributed by atoms with Crippen molar-refractivity contribution in [2.45, 2.75) is 0 Å². The number of rotatable bonds is 5. The van der Waals surface area contributed by atoms with Gasteiger partial charge in [0.05, 0.1) is 13.3 Å². The topological polar surface area (TPSA) is 72.4 Å². The molecular formula is C15H19N5O3. The maximum Gasteiger partial charge on any atom is 0.341 e. The Morgan fingerprint density at radius 3 is 2.00 bits per heavy atom. The van der Waals surface area contributed by atoms with Crippen molar-refractivity contribution >= 4 is 17.6 Å². The van der Waals surface area contributed by atoms with E-state index in [9.17, 15) is 4.79 Å². The molecule has 2 aliphatic rings. The van der Waals surface area contributed by atoms with E-state index in [1.165, 1.54) is 0 Å². The molecule has 0 radical (unpaired) electrons. The van der Waals surface area contributed by atoms with Crippen LogP contribution in [0.3, 0.4) is 0 Å². The van der Waals surface area contributed by atoms with Crippen molar-refractivity contribution < 1.29 is 14.6 Å². The van der Waals surface area contributed by atoms with Gasteiger partial charge in [0.15, 0.2) is 6.61 Å². The van der Waals surface area contributed by atoms with Gasteiger partial charge in [-0.3, -0.25) is 0 Å². The standard InChI is InChI=1S/C15H19N5O3/c1-17-3-5-19(10-17)13-7-12(23-9-15(21)22)8-14(16-13)20-6-4-18(2)11-20/h3-8H,9-11H2,1-2H3,(H,21,22). The molecule has 23 heavy (non-hydrogen) atoms. The van der Waals surface area contributed by atoms with Crippen LogP contribution in [0.1, 0.15) is 0 Å². The minimum Gasteiger partial charge on any atom is -0.482 e. The van der Waals surface area contributed by atoms with E-state index in [0.717, 1.165) is 0 Å². The zero-order valence-corrected chi connectivity index (χ0v) is 13.1. The molecular weight excluding hydrogens is 298 g/mol. The molecule has 0 unspecified atom stereocenters. The number of carbonyl (C=O) groups is 1. The number of ether oxygens (including phenoxy) is 1. The lowest BCUT2D eigenvalue weighted by molar-refractivity contribution is -0.139. The Labute approximate surface area is 134 Å². The fourth-order valence-electron chi connectivity index (χ4n) is 2.36. The summed E-state index contributed by atoms with van der Waals surface area (Å²) in [4.78, 5) is 23.4. The minimum atomic E-state index is -1.01. The molecule has 122 valence electrons. The summed E-state index contributed by atoms with van der Waals surface area (Å²) in [6, 6.07) is 3.50. The second kappa shape index (κ2) is 6.07. The first-order chi connectivity index (χ1) is 11.0. The highest BCUT2D eigenvalue weighted by Crippen LogP contribution is 2.28. The highest BCUT2D eigenvalue weighted by atomic mass is 16.5. The zero-order chi connectivity index (χ0) is 16.4. The minimum absolute atomic E-state index is 0.381. The number of anilines is 2. The number of nitrogens with zero attached hydrogens (tertiary/aromatic N) is 5. The Balaban J connectivity index is 1.88. The predicted octanol–water partition coefficient (Wildman–Crippen LogP) is 0.906. The van der Waals surface area contributed by atoms with Crippen molar-refractivity contribution in [2.24, 2.45) is 0 Å². The second-order valence-corrected chi connectivity index (χ2v) is 5.53. The smallest absolute Gasteiger partial charge is 0.341 e. The molecule has 8 heteroatoms. The maximum atomic E-state index is 10.7. The SMILES string of the molecule is CN1C=CN(c2cc(OCC(=O)O)cc(N3C=CN(C)C3)n2)C1. The third-order valence-electron chi connectivity index (χ3n) is 3.48. The van der Waals surface area contributed by atoms with Crippen LogP contribution >= 0.6 is 0 Å². The van der Waals surface area contributed by atoms with Crippen molar-refractivity contribution in [3.63, 3.8) is 0 Å². The fraction of sp³-hybridized carbons (Fsp3) is 0.333. The van der Waals surface area contributed by atoms with Gasteiger partial charge in [0, 0.05) is 51.0 Å². The first-order valence-electron chi connectivity index (χ1n) is 7.18. The van der Waals surface area contributed by atoms with Gasteiger partial charge in [-0.1, -0.05) is 0 Å². The number of pyridine rings is 1. The Bertz CT molecular complexity index is 616. The molecule has 8 nitrogen and oxygen atoms in total. The summed E-state index contributed by atoms with van der Waals surface area (Å²) in [5.41, 5.74) is 0. The first-order valence-corrected chi connectivity index (χ1v) is 7.18. The van der Waals surface area contributed by atoms with Gasteiger partial charge in [-0.15, -0.1) is 0 Å². The lowest BCUT2D eigenvalue weighted by atomic mass is 10.3. The number of hydrogen-bond donors (Lipinski definition) is 1. The Kier molecular flexibility index (Phi) is 3.96.